The molecule has 90 valence electrons. The topological polar surface area (TPSA) is 47.9 Å². The second-order valence-electron chi connectivity index (χ2n) is 4.27. The molecule has 0 fully saturated rings. The standard InChI is InChI=1S/C13H15NO3/c1-8(2)11-12(15)14-13(17-11)9-4-6-10(16-3)7-5-9/h4-8,11H,1-3H3. The summed E-state index contributed by atoms with van der Waals surface area (Å²) < 4.78 is 10.6. The Kier molecular flexibility index (Phi) is 3.13. The van der Waals surface area contributed by atoms with Crippen LogP contribution in [-0.4, -0.2) is 25.0 Å². The van der Waals surface area contributed by atoms with Gasteiger partial charge in [-0.2, -0.15) is 4.99 Å². The number of hydrogen-bond acceptors (Lipinski definition) is 3. The van der Waals surface area contributed by atoms with Gasteiger partial charge in [0, 0.05) is 5.56 Å². The Balaban J connectivity index is 2.19. The number of carbonyl (C=O) groups excluding carboxylic acids is 1. The molecule has 17 heavy (non-hydrogen) atoms. The molecule has 4 heteroatoms. The second-order valence-corrected chi connectivity index (χ2v) is 4.27. The fourth-order valence-corrected chi connectivity index (χ4v) is 1.65. The first-order valence-electron chi connectivity index (χ1n) is 5.55. The quantitative estimate of drug-likeness (QED) is 0.802. The van der Waals surface area contributed by atoms with Gasteiger partial charge in [-0.3, -0.25) is 4.79 Å². The van der Waals surface area contributed by atoms with E-state index in [-0.39, 0.29) is 11.8 Å². The number of benzene rings is 1. The van der Waals surface area contributed by atoms with Crippen LogP contribution in [0.3, 0.4) is 0 Å². The average molecular weight is 233 g/mol. The summed E-state index contributed by atoms with van der Waals surface area (Å²) in [5.74, 6) is 1.09. The number of rotatable bonds is 3. The van der Waals surface area contributed by atoms with Gasteiger partial charge < -0.3 is 9.47 Å². The van der Waals surface area contributed by atoms with Crippen molar-refractivity contribution in [3.8, 4) is 5.75 Å². The average Bonchev–Trinajstić information content (AvgIpc) is 2.71. The SMILES string of the molecule is COc1ccc(C2=NC(=O)C(C(C)C)O2)cc1. The van der Waals surface area contributed by atoms with Crippen molar-refractivity contribution in [2.45, 2.75) is 20.0 Å². The molecule has 0 saturated carbocycles. The molecule has 1 atom stereocenters. The van der Waals surface area contributed by atoms with Crippen LogP contribution in [0.5, 0.6) is 5.75 Å². The third kappa shape index (κ3) is 2.30. The molecule has 1 aliphatic heterocycles. The molecule has 2 rings (SSSR count). The Bertz CT molecular complexity index is 448. The smallest absolute Gasteiger partial charge is 0.290 e. The van der Waals surface area contributed by atoms with Gasteiger partial charge >= 0.3 is 0 Å². The maximum absolute atomic E-state index is 11.6. The monoisotopic (exact) mass is 233 g/mol. The number of ether oxygens (including phenoxy) is 2. The van der Waals surface area contributed by atoms with Crippen molar-refractivity contribution < 1.29 is 14.3 Å². The first-order chi connectivity index (χ1) is 8.11. The third-order valence-electron chi connectivity index (χ3n) is 2.64. The lowest BCUT2D eigenvalue weighted by Gasteiger charge is -2.12. The Morgan fingerprint density at radius 1 is 1.29 bits per heavy atom. The van der Waals surface area contributed by atoms with Crippen LogP contribution in [0.1, 0.15) is 19.4 Å². The lowest BCUT2D eigenvalue weighted by Crippen LogP contribution is -2.24. The minimum atomic E-state index is -0.452. The highest BCUT2D eigenvalue weighted by atomic mass is 16.5. The van der Waals surface area contributed by atoms with E-state index in [1.54, 1.807) is 7.11 Å². The molecule has 0 spiro atoms. The van der Waals surface area contributed by atoms with Crippen LogP contribution in [-0.2, 0) is 9.53 Å². The van der Waals surface area contributed by atoms with Crippen molar-refractivity contribution in [2.75, 3.05) is 7.11 Å². The summed E-state index contributed by atoms with van der Waals surface area (Å²) in [7, 11) is 1.61. The van der Waals surface area contributed by atoms with Crippen LogP contribution in [0.4, 0.5) is 0 Å². The van der Waals surface area contributed by atoms with Gasteiger partial charge in [0.15, 0.2) is 6.10 Å². The van der Waals surface area contributed by atoms with Crippen molar-refractivity contribution in [1.82, 2.24) is 0 Å². The molecule has 0 saturated heterocycles. The van der Waals surface area contributed by atoms with E-state index in [1.807, 2.05) is 38.1 Å². The molecule has 0 aliphatic carbocycles. The molecule has 4 nitrogen and oxygen atoms in total. The summed E-state index contributed by atoms with van der Waals surface area (Å²) in [5.41, 5.74) is 0.794. The van der Waals surface area contributed by atoms with Gasteiger partial charge in [0.2, 0.25) is 5.90 Å². The first-order valence-corrected chi connectivity index (χ1v) is 5.55. The predicted molar refractivity (Wildman–Crippen MR) is 64.2 cm³/mol. The van der Waals surface area contributed by atoms with E-state index in [2.05, 4.69) is 4.99 Å². The minimum Gasteiger partial charge on any atom is -0.497 e. The van der Waals surface area contributed by atoms with Crippen LogP contribution < -0.4 is 4.74 Å². The van der Waals surface area contributed by atoms with E-state index in [0.717, 1.165) is 11.3 Å². The van der Waals surface area contributed by atoms with Crippen molar-refractivity contribution in [1.29, 1.82) is 0 Å². The Morgan fingerprint density at radius 2 is 1.94 bits per heavy atom. The van der Waals surface area contributed by atoms with Crippen molar-refractivity contribution >= 4 is 11.8 Å². The number of hydrogen-bond donors (Lipinski definition) is 0. The second kappa shape index (κ2) is 4.57. The number of amides is 1. The molecule has 1 aromatic carbocycles. The largest absolute Gasteiger partial charge is 0.497 e. The maximum Gasteiger partial charge on any atom is 0.290 e. The molecule has 1 aromatic rings. The highest BCUT2D eigenvalue weighted by Gasteiger charge is 2.32. The van der Waals surface area contributed by atoms with Crippen LogP contribution in [0.2, 0.25) is 0 Å². The maximum atomic E-state index is 11.6. The van der Waals surface area contributed by atoms with E-state index in [1.165, 1.54) is 0 Å². The van der Waals surface area contributed by atoms with E-state index >= 15 is 0 Å². The van der Waals surface area contributed by atoms with E-state index in [9.17, 15) is 4.79 Å². The third-order valence-corrected chi connectivity index (χ3v) is 2.64. The molecular formula is C13H15NO3. The summed E-state index contributed by atoms with van der Waals surface area (Å²) in [4.78, 5) is 15.5. The van der Waals surface area contributed by atoms with Crippen molar-refractivity contribution in [3.05, 3.63) is 29.8 Å². The van der Waals surface area contributed by atoms with Gasteiger partial charge in [-0.05, 0) is 30.2 Å². The van der Waals surface area contributed by atoms with Crippen LogP contribution in [0.25, 0.3) is 0 Å². The zero-order valence-electron chi connectivity index (χ0n) is 10.1. The zero-order chi connectivity index (χ0) is 12.4. The molecule has 1 aliphatic rings. The first kappa shape index (κ1) is 11.6. The molecule has 0 aromatic heterocycles. The van der Waals surface area contributed by atoms with Gasteiger partial charge in [-0.1, -0.05) is 13.8 Å². The summed E-state index contributed by atoms with van der Waals surface area (Å²) in [5, 5.41) is 0. The number of nitrogens with zero attached hydrogens (tertiary/aromatic N) is 1. The summed E-state index contributed by atoms with van der Waals surface area (Å²) in [6.07, 6.45) is -0.452. The number of carbonyl (C=O) groups is 1. The van der Waals surface area contributed by atoms with E-state index < -0.39 is 6.10 Å². The molecule has 0 radical (unpaired) electrons. The number of methoxy groups -OCH3 is 1. The molecule has 1 unspecified atom stereocenters. The van der Waals surface area contributed by atoms with E-state index in [0.29, 0.717) is 5.90 Å². The molecule has 0 bridgehead atoms. The van der Waals surface area contributed by atoms with Crippen LogP contribution in [0, 0.1) is 5.92 Å². The van der Waals surface area contributed by atoms with Gasteiger partial charge in [0.1, 0.15) is 5.75 Å². The van der Waals surface area contributed by atoms with Crippen LogP contribution >= 0.6 is 0 Å². The normalized spacial score (nSPS) is 19.2. The fourth-order valence-electron chi connectivity index (χ4n) is 1.65. The summed E-state index contributed by atoms with van der Waals surface area (Å²) in [6.45, 7) is 3.88. The molecule has 0 N–H and O–H groups in total. The molecule has 1 amide bonds. The van der Waals surface area contributed by atoms with Gasteiger partial charge in [0.05, 0.1) is 7.11 Å². The minimum absolute atomic E-state index is 0.127. The van der Waals surface area contributed by atoms with Gasteiger partial charge in [-0.15, -0.1) is 0 Å². The van der Waals surface area contributed by atoms with Crippen LogP contribution in [0.15, 0.2) is 29.3 Å². The molecular weight excluding hydrogens is 218 g/mol. The fraction of sp³-hybridized carbons (Fsp3) is 0.385. The van der Waals surface area contributed by atoms with Crippen molar-refractivity contribution in [2.24, 2.45) is 10.9 Å². The zero-order valence-corrected chi connectivity index (χ0v) is 10.1. The predicted octanol–water partition coefficient (Wildman–Crippen LogP) is 2.02. The Morgan fingerprint density at radius 3 is 2.41 bits per heavy atom. The lowest BCUT2D eigenvalue weighted by molar-refractivity contribution is -0.124. The highest BCUT2D eigenvalue weighted by Crippen LogP contribution is 2.20. The van der Waals surface area contributed by atoms with E-state index in [4.69, 9.17) is 9.47 Å². The Labute approximate surface area is 100 Å². The Hall–Kier alpha value is -1.84. The summed E-state index contributed by atoms with van der Waals surface area (Å²) in [6, 6.07) is 7.28. The van der Waals surface area contributed by atoms with Gasteiger partial charge in [-0.25, -0.2) is 0 Å². The number of aliphatic imine (C=N–C) groups is 1. The van der Waals surface area contributed by atoms with Crippen molar-refractivity contribution in [3.63, 3.8) is 0 Å². The highest BCUT2D eigenvalue weighted by molar-refractivity contribution is 6.07. The molecule has 1 heterocycles. The van der Waals surface area contributed by atoms with Gasteiger partial charge in [0.25, 0.3) is 5.91 Å². The summed E-state index contributed by atoms with van der Waals surface area (Å²) >= 11 is 0. The lowest BCUT2D eigenvalue weighted by atomic mass is 10.1.